The minimum Gasteiger partial charge on any atom is -0.468 e. The number of hydrogen-bond donors (Lipinski definition) is 0. The van der Waals surface area contributed by atoms with Gasteiger partial charge in [-0.1, -0.05) is 20.8 Å². The second kappa shape index (κ2) is 12.0. The van der Waals surface area contributed by atoms with Gasteiger partial charge in [0, 0.05) is 0 Å². The summed E-state index contributed by atoms with van der Waals surface area (Å²) in [5.74, 6) is -2.89. The number of methoxy groups -OCH3 is 2. The minimum absolute atomic E-state index is 0.102. The van der Waals surface area contributed by atoms with E-state index in [0.29, 0.717) is 0 Å². The Balaban J connectivity index is 5.25. The van der Waals surface area contributed by atoms with Crippen molar-refractivity contribution in [3.63, 3.8) is 0 Å². The van der Waals surface area contributed by atoms with E-state index in [1.165, 1.54) is 14.2 Å². The van der Waals surface area contributed by atoms with Crippen LogP contribution >= 0.6 is 0 Å². The van der Waals surface area contributed by atoms with Crippen molar-refractivity contribution in [3.8, 4) is 0 Å². The van der Waals surface area contributed by atoms with Crippen molar-refractivity contribution in [3.05, 3.63) is 0 Å². The summed E-state index contributed by atoms with van der Waals surface area (Å²) in [6, 6.07) is 2.65. The third-order valence-electron chi connectivity index (χ3n) is 4.56. The summed E-state index contributed by atoms with van der Waals surface area (Å²) in [5.41, 5.74) is 0. The maximum Gasteiger partial charge on any atom is 0.333 e. The zero-order valence-corrected chi connectivity index (χ0v) is 17.3. The lowest BCUT2D eigenvalue weighted by Gasteiger charge is -2.32. The molecule has 0 saturated heterocycles. The molecule has 0 unspecified atom stereocenters. The summed E-state index contributed by atoms with van der Waals surface area (Å²) in [5, 5.41) is 0. The Morgan fingerprint density at radius 3 is 1.64 bits per heavy atom. The predicted molar refractivity (Wildman–Crippen MR) is 95.5 cm³/mol. The first kappa shape index (κ1) is 23.6. The summed E-state index contributed by atoms with van der Waals surface area (Å²) in [6.45, 7) is 8.16. The van der Waals surface area contributed by atoms with Crippen molar-refractivity contribution in [2.45, 2.75) is 64.8 Å². The van der Waals surface area contributed by atoms with Crippen molar-refractivity contribution < 1.29 is 33.0 Å². The fourth-order valence-corrected chi connectivity index (χ4v) is 5.51. The zero-order chi connectivity index (χ0) is 19.5. The Hall–Kier alpha value is -1.41. The predicted octanol–water partition coefficient (Wildman–Crippen LogP) is 2.68. The van der Waals surface area contributed by atoms with E-state index in [0.717, 1.165) is 18.1 Å². The van der Waals surface area contributed by atoms with Gasteiger partial charge in [0.1, 0.15) is 6.10 Å². The van der Waals surface area contributed by atoms with Gasteiger partial charge in [-0.25, -0.2) is 4.79 Å². The lowest BCUT2D eigenvalue weighted by atomic mass is 10.0. The molecule has 0 saturated carbocycles. The standard InChI is InChI=1S/C17H32O7Si/c1-7-23-17(20)14(24-25(8-2,9-3)10-4)12-11-13(15(18)21-5)16(19)22-6/h13-14H,7-12H2,1-6H3/t14-/m0/s1. The van der Waals surface area contributed by atoms with Gasteiger partial charge < -0.3 is 18.6 Å². The molecule has 0 aromatic rings. The molecule has 0 aliphatic rings. The molecule has 0 aromatic carbocycles. The molecule has 146 valence electrons. The number of carbonyl (C=O) groups excluding carboxylic acids is 3. The second-order valence-electron chi connectivity index (χ2n) is 5.78. The second-order valence-corrected chi connectivity index (χ2v) is 10.5. The smallest absolute Gasteiger partial charge is 0.333 e. The maximum absolute atomic E-state index is 12.3. The van der Waals surface area contributed by atoms with Crippen molar-refractivity contribution in [1.29, 1.82) is 0 Å². The lowest BCUT2D eigenvalue weighted by Crippen LogP contribution is -2.43. The Morgan fingerprint density at radius 1 is 0.800 bits per heavy atom. The van der Waals surface area contributed by atoms with E-state index in [9.17, 15) is 14.4 Å². The molecule has 0 heterocycles. The maximum atomic E-state index is 12.3. The van der Waals surface area contributed by atoms with Gasteiger partial charge in [-0.2, -0.15) is 0 Å². The van der Waals surface area contributed by atoms with Crippen LogP contribution in [0, 0.1) is 5.92 Å². The highest BCUT2D eigenvalue weighted by Gasteiger charge is 2.37. The van der Waals surface area contributed by atoms with Crippen LogP contribution in [0.4, 0.5) is 0 Å². The first-order valence-corrected chi connectivity index (χ1v) is 11.4. The molecule has 0 aliphatic carbocycles. The van der Waals surface area contributed by atoms with Crippen LogP contribution in [-0.2, 0) is 33.0 Å². The quantitative estimate of drug-likeness (QED) is 0.224. The Bertz CT molecular complexity index is 410. The molecule has 25 heavy (non-hydrogen) atoms. The molecule has 8 heteroatoms. The average molecular weight is 377 g/mol. The van der Waals surface area contributed by atoms with Gasteiger partial charge in [-0.05, 0) is 37.9 Å². The molecule has 0 spiro atoms. The SMILES string of the molecule is CCOC(=O)[C@H](CCC(C(=O)OC)C(=O)OC)O[Si](CC)(CC)CC. The fraction of sp³-hybridized carbons (Fsp3) is 0.824. The summed E-state index contributed by atoms with van der Waals surface area (Å²) in [7, 11) is 0.370. The van der Waals surface area contributed by atoms with Crippen LogP contribution in [0.15, 0.2) is 0 Å². The number of rotatable bonds is 12. The Labute approximate surface area is 151 Å². The monoisotopic (exact) mass is 376 g/mol. The van der Waals surface area contributed by atoms with Crippen molar-refractivity contribution >= 4 is 26.2 Å². The van der Waals surface area contributed by atoms with E-state index in [-0.39, 0.29) is 19.4 Å². The molecular weight excluding hydrogens is 344 g/mol. The molecule has 0 radical (unpaired) electrons. The molecule has 0 amide bonds. The van der Waals surface area contributed by atoms with Gasteiger partial charge >= 0.3 is 17.9 Å². The first-order valence-electron chi connectivity index (χ1n) is 8.84. The van der Waals surface area contributed by atoms with Gasteiger partial charge in [0.2, 0.25) is 0 Å². The van der Waals surface area contributed by atoms with E-state index >= 15 is 0 Å². The summed E-state index contributed by atoms with van der Waals surface area (Å²) < 4.78 is 20.7. The van der Waals surface area contributed by atoms with E-state index in [1.807, 2.05) is 0 Å². The van der Waals surface area contributed by atoms with Crippen LogP contribution in [0.2, 0.25) is 18.1 Å². The number of hydrogen-bond acceptors (Lipinski definition) is 7. The molecule has 0 rings (SSSR count). The number of carbonyl (C=O) groups is 3. The van der Waals surface area contributed by atoms with E-state index < -0.39 is 38.2 Å². The molecule has 0 aromatic heterocycles. The summed E-state index contributed by atoms with van der Waals surface area (Å²) >= 11 is 0. The number of ether oxygens (including phenoxy) is 3. The fourth-order valence-electron chi connectivity index (χ4n) is 2.70. The van der Waals surface area contributed by atoms with Gasteiger partial charge in [-0.15, -0.1) is 0 Å². The highest BCUT2D eigenvalue weighted by atomic mass is 28.4. The molecule has 1 atom stereocenters. The zero-order valence-electron chi connectivity index (χ0n) is 16.3. The van der Waals surface area contributed by atoms with Crippen molar-refractivity contribution in [1.82, 2.24) is 0 Å². The highest BCUT2D eigenvalue weighted by Crippen LogP contribution is 2.26. The average Bonchev–Trinajstić information content (AvgIpc) is 2.64. The van der Waals surface area contributed by atoms with Crippen LogP contribution < -0.4 is 0 Å². The Morgan fingerprint density at radius 2 is 1.28 bits per heavy atom. The van der Waals surface area contributed by atoms with Gasteiger partial charge in [0.25, 0.3) is 0 Å². The van der Waals surface area contributed by atoms with Crippen molar-refractivity contribution in [2.24, 2.45) is 5.92 Å². The van der Waals surface area contributed by atoms with Gasteiger partial charge in [0.15, 0.2) is 14.2 Å². The van der Waals surface area contributed by atoms with Crippen molar-refractivity contribution in [2.75, 3.05) is 20.8 Å². The largest absolute Gasteiger partial charge is 0.468 e. The van der Waals surface area contributed by atoms with Crippen LogP contribution in [0.5, 0.6) is 0 Å². The topological polar surface area (TPSA) is 88.1 Å². The Kier molecular flexibility index (Phi) is 11.3. The van der Waals surface area contributed by atoms with Crippen LogP contribution in [0.25, 0.3) is 0 Å². The van der Waals surface area contributed by atoms with Crippen LogP contribution in [0.3, 0.4) is 0 Å². The lowest BCUT2D eigenvalue weighted by molar-refractivity contribution is -0.161. The van der Waals surface area contributed by atoms with Gasteiger partial charge in [-0.3, -0.25) is 9.59 Å². The number of esters is 3. The minimum atomic E-state index is -2.05. The van der Waals surface area contributed by atoms with E-state index in [4.69, 9.17) is 9.16 Å². The molecule has 0 fully saturated rings. The molecule has 0 aliphatic heterocycles. The third-order valence-corrected chi connectivity index (χ3v) is 9.21. The summed E-state index contributed by atoms with van der Waals surface area (Å²) in [6.07, 6.45) is -0.490. The molecular formula is C17H32O7Si. The van der Waals surface area contributed by atoms with E-state index in [1.54, 1.807) is 6.92 Å². The molecule has 0 bridgehead atoms. The highest BCUT2D eigenvalue weighted by molar-refractivity contribution is 6.73. The molecule has 7 nitrogen and oxygen atoms in total. The van der Waals surface area contributed by atoms with E-state index in [2.05, 4.69) is 30.2 Å². The third kappa shape index (κ3) is 7.15. The normalized spacial score (nSPS) is 12.6. The van der Waals surface area contributed by atoms with Crippen LogP contribution in [-0.4, -0.2) is 53.2 Å². The summed E-state index contributed by atoms with van der Waals surface area (Å²) in [4.78, 5) is 35.9. The van der Waals surface area contributed by atoms with Crippen LogP contribution in [0.1, 0.15) is 40.5 Å². The molecule has 0 N–H and O–H groups in total. The van der Waals surface area contributed by atoms with Gasteiger partial charge in [0.05, 0.1) is 20.8 Å². The first-order chi connectivity index (χ1) is 11.8.